The van der Waals surface area contributed by atoms with Gasteiger partial charge in [0, 0.05) is 16.8 Å². The average Bonchev–Trinajstić information content (AvgIpc) is 2.75. The number of fused-ring (bicyclic) bond motifs is 3. The normalized spacial score (nSPS) is 30.0. The largest absolute Gasteiger partial charge is 0.462 e. The molecule has 1 heterocycles. The highest BCUT2D eigenvalue weighted by Gasteiger charge is 2.70. The Bertz CT molecular complexity index is 695. The van der Waals surface area contributed by atoms with E-state index in [4.69, 9.17) is 4.74 Å². The first kappa shape index (κ1) is 13.8. The number of aliphatic hydroxyl groups is 2. The number of rotatable bonds is 2. The summed E-state index contributed by atoms with van der Waals surface area (Å²) in [5.41, 5.74) is -4.00. The van der Waals surface area contributed by atoms with Gasteiger partial charge in [0.1, 0.15) is 5.57 Å². The summed E-state index contributed by atoms with van der Waals surface area (Å²) in [6.07, 6.45) is 0. The number of allylic oxidation sites excluding steroid dienone is 1. The van der Waals surface area contributed by atoms with Crippen molar-refractivity contribution in [1.29, 1.82) is 0 Å². The highest BCUT2D eigenvalue weighted by atomic mass is 16.5. The highest BCUT2D eigenvalue weighted by molar-refractivity contribution is 6.16. The number of benzene rings is 1. The summed E-state index contributed by atoms with van der Waals surface area (Å²) in [5, 5.41) is 24.4. The van der Waals surface area contributed by atoms with Crippen LogP contribution < -0.4 is 5.32 Å². The average molecular weight is 289 g/mol. The van der Waals surface area contributed by atoms with Crippen LogP contribution in [0.1, 0.15) is 29.8 Å². The molecule has 1 aliphatic heterocycles. The number of nitrogens with one attached hydrogen (secondary N) is 1. The van der Waals surface area contributed by atoms with E-state index in [2.05, 4.69) is 5.32 Å². The summed E-state index contributed by atoms with van der Waals surface area (Å²) >= 11 is 0. The van der Waals surface area contributed by atoms with Crippen LogP contribution in [-0.4, -0.2) is 34.2 Å². The topological polar surface area (TPSA) is 95.9 Å². The zero-order valence-corrected chi connectivity index (χ0v) is 11.6. The van der Waals surface area contributed by atoms with Gasteiger partial charge in [-0.1, -0.05) is 24.3 Å². The summed E-state index contributed by atoms with van der Waals surface area (Å²) in [6.45, 7) is 3.24. The lowest BCUT2D eigenvalue weighted by Crippen LogP contribution is -2.56. The van der Waals surface area contributed by atoms with Crippen molar-refractivity contribution in [2.75, 3.05) is 6.61 Å². The Kier molecular flexibility index (Phi) is 2.73. The zero-order valence-electron chi connectivity index (χ0n) is 11.6. The minimum absolute atomic E-state index is 0.102. The predicted octanol–water partition coefficient (Wildman–Crippen LogP) is 0.199. The number of ether oxygens (including phenoxy) is 1. The molecule has 0 aromatic heterocycles. The van der Waals surface area contributed by atoms with E-state index in [0.29, 0.717) is 0 Å². The van der Waals surface area contributed by atoms with Crippen LogP contribution in [0.25, 0.3) is 0 Å². The molecule has 0 saturated heterocycles. The van der Waals surface area contributed by atoms with E-state index >= 15 is 0 Å². The van der Waals surface area contributed by atoms with Crippen LogP contribution >= 0.6 is 0 Å². The van der Waals surface area contributed by atoms with Gasteiger partial charge in [0.15, 0.2) is 0 Å². The first-order chi connectivity index (χ1) is 9.88. The van der Waals surface area contributed by atoms with Gasteiger partial charge < -0.3 is 20.3 Å². The van der Waals surface area contributed by atoms with Crippen molar-refractivity contribution in [3.63, 3.8) is 0 Å². The van der Waals surface area contributed by atoms with E-state index in [1.807, 2.05) is 0 Å². The number of hydrogen-bond acceptors (Lipinski definition) is 6. The molecular formula is C15H15NO5. The van der Waals surface area contributed by atoms with Gasteiger partial charge in [-0.3, -0.25) is 4.79 Å². The maximum absolute atomic E-state index is 12.6. The third kappa shape index (κ3) is 1.43. The van der Waals surface area contributed by atoms with E-state index in [-0.39, 0.29) is 29.0 Å². The van der Waals surface area contributed by atoms with E-state index in [0.717, 1.165) is 0 Å². The molecule has 0 fully saturated rings. The molecule has 2 atom stereocenters. The van der Waals surface area contributed by atoms with Crippen LogP contribution in [0.3, 0.4) is 0 Å². The number of carbonyl (C=O) groups is 2. The third-order valence-electron chi connectivity index (χ3n) is 4.00. The van der Waals surface area contributed by atoms with Gasteiger partial charge >= 0.3 is 5.97 Å². The molecule has 0 bridgehead atoms. The van der Waals surface area contributed by atoms with Gasteiger partial charge in [-0.15, -0.1) is 0 Å². The molecular weight excluding hydrogens is 274 g/mol. The lowest BCUT2D eigenvalue weighted by atomic mass is 9.85. The van der Waals surface area contributed by atoms with Gasteiger partial charge in [-0.05, 0) is 13.8 Å². The molecule has 6 heteroatoms. The number of hydrogen-bond donors (Lipinski definition) is 3. The minimum atomic E-state index is -2.37. The van der Waals surface area contributed by atoms with Gasteiger partial charge in [0.05, 0.1) is 6.61 Å². The van der Waals surface area contributed by atoms with Crippen molar-refractivity contribution in [3.05, 3.63) is 46.7 Å². The molecule has 1 aliphatic carbocycles. The molecule has 2 aliphatic rings. The van der Waals surface area contributed by atoms with Crippen LogP contribution in [0.5, 0.6) is 0 Å². The Morgan fingerprint density at radius 1 is 1.33 bits per heavy atom. The van der Waals surface area contributed by atoms with Crippen molar-refractivity contribution in [1.82, 2.24) is 5.32 Å². The quantitative estimate of drug-likeness (QED) is 0.673. The lowest BCUT2D eigenvalue weighted by Gasteiger charge is -2.31. The smallest absolute Gasteiger partial charge is 0.339 e. The fraction of sp³-hybridized carbons (Fsp3) is 0.333. The summed E-state index contributed by atoms with van der Waals surface area (Å²) < 4.78 is 4.90. The standard InChI is InChI=1S/C15H15NO5/c1-3-21-13(18)11-8(2)16-15(20)10-7-5-4-6-9(10)12(17)14(11,15)19/h4-7,16,19-20H,3H2,1-2H3/t14-,15+/m1/s1. The molecule has 0 spiro atoms. The summed E-state index contributed by atoms with van der Waals surface area (Å²) in [6, 6.07) is 6.32. The Morgan fingerprint density at radius 3 is 2.67 bits per heavy atom. The molecule has 0 unspecified atom stereocenters. The van der Waals surface area contributed by atoms with E-state index < -0.39 is 23.1 Å². The van der Waals surface area contributed by atoms with Gasteiger partial charge in [0.25, 0.3) is 0 Å². The molecule has 0 radical (unpaired) electrons. The molecule has 3 N–H and O–H groups in total. The van der Waals surface area contributed by atoms with Crippen molar-refractivity contribution in [3.8, 4) is 0 Å². The van der Waals surface area contributed by atoms with Crippen LogP contribution in [0, 0.1) is 0 Å². The first-order valence-electron chi connectivity index (χ1n) is 6.63. The maximum Gasteiger partial charge on any atom is 0.339 e. The van der Waals surface area contributed by atoms with Crippen LogP contribution in [0.4, 0.5) is 0 Å². The first-order valence-corrected chi connectivity index (χ1v) is 6.63. The van der Waals surface area contributed by atoms with Crippen LogP contribution in [0.2, 0.25) is 0 Å². The van der Waals surface area contributed by atoms with E-state index in [9.17, 15) is 19.8 Å². The second-order valence-corrected chi connectivity index (χ2v) is 5.14. The molecule has 1 aromatic carbocycles. The second kappa shape index (κ2) is 4.16. The summed E-state index contributed by atoms with van der Waals surface area (Å²) in [7, 11) is 0. The van der Waals surface area contributed by atoms with Crippen LogP contribution in [0.15, 0.2) is 35.5 Å². The van der Waals surface area contributed by atoms with Crippen molar-refractivity contribution in [2.24, 2.45) is 0 Å². The minimum Gasteiger partial charge on any atom is -0.462 e. The molecule has 1 aromatic rings. The summed E-state index contributed by atoms with van der Waals surface area (Å²) in [4.78, 5) is 24.7. The molecule has 0 amide bonds. The lowest BCUT2D eigenvalue weighted by molar-refractivity contribution is -0.146. The Labute approximate surface area is 121 Å². The van der Waals surface area contributed by atoms with Crippen molar-refractivity contribution in [2.45, 2.75) is 25.2 Å². The number of ketones is 1. The Balaban J connectivity index is 2.21. The molecule has 3 rings (SSSR count). The van der Waals surface area contributed by atoms with Gasteiger partial charge in [0.2, 0.25) is 17.1 Å². The number of Topliss-reactive ketones (excluding diaryl/α,β-unsaturated/α-hetero) is 1. The number of esters is 1. The molecule has 110 valence electrons. The molecule has 6 nitrogen and oxygen atoms in total. The van der Waals surface area contributed by atoms with Crippen molar-refractivity contribution >= 4 is 11.8 Å². The fourth-order valence-electron chi connectivity index (χ4n) is 3.11. The Morgan fingerprint density at radius 2 is 2.00 bits per heavy atom. The fourth-order valence-corrected chi connectivity index (χ4v) is 3.11. The Hall–Kier alpha value is -2.18. The van der Waals surface area contributed by atoms with Gasteiger partial charge in [-0.2, -0.15) is 0 Å². The van der Waals surface area contributed by atoms with E-state index in [1.165, 1.54) is 13.0 Å². The predicted molar refractivity (Wildman–Crippen MR) is 72.1 cm³/mol. The van der Waals surface area contributed by atoms with E-state index in [1.54, 1.807) is 25.1 Å². The highest BCUT2D eigenvalue weighted by Crippen LogP contribution is 2.51. The summed E-state index contributed by atoms with van der Waals surface area (Å²) in [5.74, 6) is -1.53. The van der Waals surface area contributed by atoms with Gasteiger partial charge in [-0.25, -0.2) is 4.79 Å². The maximum atomic E-state index is 12.6. The zero-order chi connectivity index (χ0) is 15.4. The number of carbonyl (C=O) groups excluding carboxylic acids is 2. The second-order valence-electron chi connectivity index (χ2n) is 5.14. The van der Waals surface area contributed by atoms with Crippen LogP contribution in [-0.2, 0) is 15.3 Å². The third-order valence-corrected chi connectivity index (χ3v) is 4.00. The molecule has 0 saturated carbocycles. The monoisotopic (exact) mass is 289 g/mol. The molecule has 21 heavy (non-hydrogen) atoms. The van der Waals surface area contributed by atoms with Crippen molar-refractivity contribution < 1.29 is 24.5 Å². The SMILES string of the molecule is CCOC(=O)C1=C(C)N[C@]2(O)c3ccccc3C(=O)[C@]12O.